The van der Waals surface area contributed by atoms with Crippen LogP contribution in [-0.2, 0) is 16.0 Å². The number of aromatic nitrogens is 1. The molecule has 4 nitrogen and oxygen atoms in total. The van der Waals surface area contributed by atoms with Gasteiger partial charge in [-0.3, -0.25) is 0 Å². The van der Waals surface area contributed by atoms with Gasteiger partial charge in [0.2, 0.25) is 0 Å². The third-order valence-electron chi connectivity index (χ3n) is 4.14. The monoisotopic (exact) mass is 365 g/mol. The fourth-order valence-corrected chi connectivity index (χ4v) is 3.63. The van der Waals surface area contributed by atoms with Crippen LogP contribution in [-0.4, -0.2) is 30.4 Å². The van der Waals surface area contributed by atoms with E-state index in [0.717, 1.165) is 48.0 Å². The molecule has 0 spiro atoms. The first-order valence-electron chi connectivity index (χ1n) is 7.73. The number of rotatable bonds is 4. The van der Waals surface area contributed by atoms with Crippen LogP contribution in [0.1, 0.15) is 30.3 Å². The summed E-state index contributed by atoms with van der Waals surface area (Å²) in [6.07, 6.45) is 2.07. The second kappa shape index (κ2) is 6.84. The molecule has 118 valence electrons. The van der Waals surface area contributed by atoms with E-state index in [2.05, 4.69) is 20.5 Å². The van der Waals surface area contributed by atoms with Crippen LogP contribution in [0.3, 0.4) is 0 Å². The molecule has 1 fully saturated rings. The summed E-state index contributed by atoms with van der Waals surface area (Å²) in [5, 5.41) is 1.06. The number of halogens is 1. The smallest absolute Gasteiger partial charge is 0.354 e. The lowest BCUT2D eigenvalue weighted by Crippen LogP contribution is -2.22. The summed E-state index contributed by atoms with van der Waals surface area (Å²) in [7, 11) is 0. The van der Waals surface area contributed by atoms with E-state index in [4.69, 9.17) is 9.47 Å². The fourth-order valence-electron chi connectivity index (χ4n) is 3.03. The second-order valence-corrected chi connectivity index (χ2v) is 6.45. The molecule has 0 saturated carbocycles. The van der Waals surface area contributed by atoms with Crippen LogP contribution < -0.4 is 0 Å². The zero-order valence-corrected chi connectivity index (χ0v) is 14.3. The Balaban J connectivity index is 2.03. The van der Waals surface area contributed by atoms with Crippen molar-refractivity contribution >= 4 is 32.8 Å². The Labute approximate surface area is 138 Å². The molecule has 0 radical (unpaired) electrons. The van der Waals surface area contributed by atoms with Gasteiger partial charge < -0.3 is 14.0 Å². The Hall–Kier alpha value is -1.33. The van der Waals surface area contributed by atoms with Crippen LogP contribution in [0.5, 0.6) is 0 Å². The average molecular weight is 366 g/mol. The Kier molecular flexibility index (Phi) is 4.84. The van der Waals surface area contributed by atoms with Crippen molar-refractivity contribution in [2.45, 2.75) is 26.3 Å². The number of para-hydroxylation sites is 1. The molecule has 1 aromatic heterocycles. The van der Waals surface area contributed by atoms with Crippen molar-refractivity contribution in [3.8, 4) is 0 Å². The predicted octanol–water partition coefficient (Wildman–Crippen LogP) is 4.01. The fraction of sp³-hybridized carbons (Fsp3) is 0.471. The Bertz CT molecular complexity index is 674. The SMILES string of the molecule is CCOC(=O)c1cc2cccc(Br)c2n1CC1CCOCC1. The van der Waals surface area contributed by atoms with Crippen LogP contribution in [0.15, 0.2) is 28.7 Å². The average Bonchev–Trinajstić information content (AvgIpc) is 2.89. The molecule has 0 unspecified atom stereocenters. The van der Waals surface area contributed by atoms with E-state index in [9.17, 15) is 4.79 Å². The minimum atomic E-state index is -0.252. The number of esters is 1. The summed E-state index contributed by atoms with van der Waals surface area (Å²) in [6, 6.07) is 7.96. The van der Waals surface area contributed by atoms with E-state index in [1.807, 2.05) is 31.2 Å². The van der Waals surface area contributed by atoms with Crippen molar-refractivity contribution in [1.82, 2.24) is 4.57 Å². The van der Waals surface area contributed by atoms with Gasteiger partial charge in [-0.15, -0.1) is 0 Å². The highest BCUT2D eigenvalue weighted by Crippen LogP contribution is 2.30. The summed E-state index contributed by atoms with van der Waals surface area (Å²) >= 11 is 3.62. The van der Waals surface area contributed by atoms with Gasteiger partial charge in [0.05, 0.1) is 12.1 Å². The Morgan fingerprint density at radius 2 is 2.18 bits per heavy atom. The number of fused-ring (bicyclic) bond motifs is 1. The second-order valence-electron chi connectivity index (χ2n) is 5.59. The van der Waals surface area contributed by atoms with Gasteiger partial charge in [0.1, 0.15) is 5.69 Å². The van der Waals surface area contributed by atoms with Crippen LogP contribution in [0, 0.1) is 5.92 Å². The summed E-state index contributed by atoms with van der Waals surface area (Å²) < 4.78 is 13.8. The largest absolute Gasteiger partial charge is 0.461 e. The van der Waals surface area contributed by atoms with E-state index in [1.165, 1.54) is 0 Å². The number of benzene rings is 1. The van der Waals surface area contributed by atoms with Crippen LogP contribution >= 0.6 is 15.9 Å². The zero-order chi connectivity index (χ0) is 15.5. The number of carbonyl (C=O) groups is 1. The van der Waals surface area contributed by atoms with Crippen molar-refractivity contribution in [3.63, 3.8) is 0 Å². The molecular formula is C17H20BrNO3. The van der Waals surface area contributed by atoms with Gasteiger partial charge >= 0.3 is 5.97 Å². The minimum absolute atomic E-state index is 0.252. The third-order valence-corrected chi connectivity index (χ3v) is 4.78. The van der Waals surface area contributed by atoms with Gasteiger partial charge in [0, 0.05) is 29.6 Å². The third kappa shape index (κ3) is 3.06. The van der Waals surface area contributed by atoms with Gasteiger partial charge in [-0.1, -0.05) is 12.1 Å². The van der Waals surface area contributed by atoms with E-state index in [1.54, 1.807) is 0 Å². The molecule has 1 saturated heterocycles. The van der Waals surface area contributed by atoms with E-state index in [-0.39, 0.29) is 5.97 Å². The lowest BCUT2D eigenvalue weighted by atomic mass is 10.0. The molecule has 2 aromatic rings. The maximum atomic E-state index is 12.3. The highest BCUT2D eigenvalue weighted by atomic mass is 79.9. The molecule has 0 N–H and O–H groups in total. The molecule has 5 heteroatoms. The lowest BCUT2D eigenvalue weighted by Gasteiger charge is -2.24. The van der Waals surface area contributed by atoms with Crippen molar-refractivity contribution < 1.29 is 14.3 Å². The minimum Gasteiger partial charge on any atom is -0.461 e. The first-order chi connectivity index (χ1) is 10.7. The Morgan fingerprint density at radius 3 is 2.91 bits per heavy atom. The summed E-state index contributed by atoms with van der Waals surface area (Å²) in [5.41, 5.74) is 1.70. The van der Waals surface area contributed by atoms with Crippen molar-refractivity contribution in [2.75, 3.05) is 19.8 Å². The van der Waals surface area contributed by atoms with E-state index < -0.39 is 0 Å². The van der Waals surface area contributed by atoms with E-state index >= 15 is 0 Å². The van der Waals surface area contributed by atoms with Crippen molar-refractivity contribution in [1.29, 1.82) is 0 Å². The maximum Gasteiger partial charge on any atom is 0.354 e. The number of nitrogens with zero attached hydrogens (tertiary/aromatic N) is 1. The number of carbonyl (C=O) groups excluding carboxylic acids is 1. The van der Waals surface area contributed by atoms with Crippen LogP contribution in [0.2, 0.25) is 0 Å². The topological polar surface area (TPSA) is 40.5 Å². The van der Waals surface area contributed by atoms with E-state index in [0.29, 0.717) is 18.2 Å². The molecule has 0 aliphatic carbocycles. The number of hydrogen-bond acceptors (Lipinski definition) is 3. The zero-order valence-electron chi connectivity index (χ0n) is 12.7. The first kappa shape index (κ1) is 15.6. The highest BCUT2D eigenvalue weighted by molar-refractivity contribution is 9.10. The molecule has 0 atom stereocenters. The lowest BCUT2D eigenvalue weighted by molar-refractivity contribution is 0.0498. The number of ether oxygens (including phenoxy) is 2. The molecule has 1 aliphatic heterocycles. The molecule has 0 bridgehead atoms. The molecule has 3 rings (SSSR count). The van der Waals surface area contributed by atoms with Gasteiger partial charge in [-0.2, -0.15) is 0 Å². The molecule has 1 aromatic carbocycles. The predicted molar refractivity (Wildman–Crippen MR) is 89.1 cm³/mol. The molecule has 0 amide bonds. The van der Waals surface area contributed by atoms with Crippen molar-refractivity contribution in [3.05, 3.63) is 34.4 Å². The van der Waals surface area contributed by atoms with Crippen LogP contribution in [0.25, 0.3) is 10.9 Å². The summed E-state index contributed by atoms with van der Waals surface area (Å²) in [4.78, 5) is 12.3. The van der Waals surface area contributed by atoms with Crippen molar-refractivity contribution in [2.24, 2.45) is 5.92 Å². The molecule has 22 heavy (non-hydrogen) atoms. The van der Waals surface area contributed by atoms with Crippen LogP contribution in [0.4, 0.5) is 0 Å². The standard InChI is InChI=1S/C17H20BrNO3/c1-2-22-17(20)15-10-13-4-3-5-14(18)16(13)19(15)11-12-6-8-21-9-7-12/h3-5,10,12H,2,6-9,11H2,1H3. The maximum absolute atomic E-state index is 12.3. The van der Waals surface area contributed by atoms with Gasteiger partial charge in [0.15, 0.2) is 0 Å². The molecular weight excluding hydrogens is 346 g/mol. The summed E-state index contributed by atoms with van der Waals surface area (Å²) in [6.45, 7) is 4.65. The first-order valence-corrected chi connectivity index (χ1v) is 8.52. The summed E-state index contributed by atoms with van der Waals surface area (Å²) in [5.74, 6) is 0.280. The van der Waals surface area contributed by atoms with Gasteiger partial charge in [-0.05, 0) is 53.7 Å². The van der Waals surface area contributed by atoms with Gasteiger partial charge in [0.25, 0.3) is 0 Å². The van der Waals surface area contributed by atoms with Gasteiger partial charge in [-0.25, -0.2) is 4.79 Å². The quantitative estimate of drug-likeness (QED) is 0.768. The highest BCUT2D eigenvalue weighted by Gasteiger charge is 2.22. The normalized spacial score (nSPS) is 16.1. The Morgan fingerprint density at radius 1 is 1.41 bits per heavy atom. The number of hydrogen-bond donors (Lipinski definition) is 0. The molecule has 1 aliphatic rings. The molecule has 2 heterocycles.